The molecule has 104 valence electrons. The molecule has 1 aliphatic rings. The fourth-order valence-corrected chi connectivity index (χ4v) is 4.78. The van der Waals surface area contributed by atoms with Crippen LogP contribution in [0.15, 0.2) is 24.3 Å². The minimum absolute atomic E-state index is 0.270. The molecule has 3 atom stereocenters. The third kappa shape index (κ3) is 3.55. The van der Waals surface area contributed by atoms with Crippen molar-refractivity contribution in [2.75, 3.05) is 27.2 Å². The maximum Gasteiger partial charge on any atom is 0.384 e. The van der Waals surface area contributed by atoms with Gasteiger partial charge in [-0.3, -0.25) is 0 Å². The van der Waals surface area contributed by atoms with Crippen molar-refractivity contribution in [3.63, 3.8) is 0 Å². The zero-order valence-electron chi connectivity index (χ0n) is 12.0. The number of methoxy groups -OCH3 is 1. The van der Waals surface area contributed by atoms with Crippen LogP contribution in [0.3, 0.4) is 0 Å². The molecule has 2 rings (SSSR count). The van der Waals surface area contributed by atoms with E-state index in [2.05, 4.69) is 18.9 Å². The third-order valence-electron chi connectivity index (χ3n) is 3.80. The van der Waals surface area contributed by atoms with Crippen LogP contribution in [-0.2, 0) is 4.57 Å². The predicted octanol–water partition coefficient (Wildman–Crippen LogP) is 2.88. The number of ether oxygens (including phenoxy) is 1. The molecule has 1 fully saturated rings. The van der Waals surface area contributed by atoms with E-state index >= 15 is 0 Å². The first kappa shape index (κ1) is 14.5. The van der Waals surface area contributed by atoms with Crippen LogP contribution in [0, 0.1) is 5.92 Å². The predicted molar refractivity (Wildman–Crippen MR) is 79.9 cm³/mol. The monoisotopic (exact) mass is 280 g/mol. The van der Waals surface area contributed by atoms with Crippen molar-refractivity contribution in [3.05, 3.63) is 24.3 Å². The lowest BCUT2D eigenvalue weighted by atomic mass is 10.1. The summed E-state index contributed by atoms with van der Waals surface area (Å²) in [5.41, 5.74) is 0.270. The second kappa shape index (κ2) is 6.49. The maximum atomic E-state index is 12.8. The molecule has 1 aromatic carbocycles. The number of likely N-dealkylation sites (tertiary alicyclic amines) is 1. The molecule has 3 nitrogen and oxygen atoms in total. The quantitative estimate of drug-likeness (QED) is 0.797. The van der Waals surface area contributed by atoms with Gasteiger partial charge in [0.1, 0.15) is 0 Å². The summed E-state index contributed by atoms with van der Waals surface area (Å²) in [6.07, 6.45) is 2.05. The first-order valence-corrected chi connectivity index (χ1v) is 8.22. The zero-order valence-corrected chi connectivity index (χ0v) is 12.9. The van der Waals surface area contributed by atoms with Gasteiger partial charge in [0.25, 0.3) is 0 Å². The second-order valence-corrected chi connectivity index (χ2v) is 7.41. The van der Waals surface area contributed by atoms with E-state index in [-0.39, 0.29) is 5.66 Å². The van der Waals surface area contributed by atoms with Crippen LogP contribution in [0.2, 0.25) is 0 Å². The Balaban J connectivity index is 2.18. The van der Waals surface area contributed by atoms with Gasteiger partial charge in [0.05, 0.1) is 7.11 Å². The van der Waals surface area contributed by atoms with E-state index in [1.807, 2.05) is 24.3 Å². The Morgan fingerprint density at radius 2 is 2.11 bits per heavy atom. The van der Waals surface area contributed by atoms with Crippen molar-refractivity contribution < 1.29 is 9.30 Å². The molecule has 1 heterocycles. The largest absolute Gasteiger partial charge is 0.492 e. The van der Waals surface area contributed by atoms with E-state index in [0.717, 1.165) is 37.0 Å². The molecule has 4 heteroatoms. The number of benzene rings is 1. The Bertz CT molecular complexity index is 450. The number of hydrogen-bond acceptors (Lipinski definition) is 3. The van der Waals surface area contributed by atoms with Crippen molar-refractivity contribution in [2.45, 2.75) is 25.4 Å². The van der Waals surface area contributed by atoms with Crippen molar-refractivity contribution in [1.82, 2.24) is 4.90 Å². The van der Waals surface area contributed by atoms with E-state index in [0.29, 0.717) is 5.92 Å². The first-order valence-electron chi connectivity index (χ1n) is 6.89. The summed E-state index contributed by atoms with van der Waals surface area (Å²) in [5.74, 6) is 1.36. The van der Waals surface area contributed by atoms with Gasteiger partial charge >= 0.3 is 7.80 Å². The van der Waals surface area contributed by atoms with Crippen LogP contribution < -0.4 is 10.0 Å². The molecule has 0 bridgehead atoms. The van der Waals surface area contributed by atoms with Crippen molar-refractivity contribution in [1.29, 1.82) is 0 Å². The summed E-state index contributed by atoms with van der Waals surface area (Å²) >= 11 is 0. The Morgan fingerprint density at radius 1 is 1.37 bits per heavy atom. The van der Waals surface area contributed by atoms with Gasteiger partial charge in [-0.1, -0.05) is 23.6 Å². The van der Waals surface area contributed by atoms with Crippen LogP contribution in [-0.4, -0.2) is 37.8 Å². The first-order chi connectivity index (χ1) is 9.11. The second-order valence-electron chi connectivity index (χ2n) is 5.54. The molecule has 1 aliphatic heterocycles. The maximum absolute atomic E-state index is 12.8. The van der Waals surface area contributed by atoms with Crippen LogP contribution in [0.5, 0.6) is 5.75 Å². The highest BCUT2D eigenvalue weighted by Gasteiger charge is 2.37. The molecule has 0 aliphatic carbocycles. The van der Waals surface area contributed by atoms with E-state index in [1.54, 1.807) is 7.11 Å². The van der Waals surface area contributed by atoms with Gasteiger partial charge < -0.3 is 9.64 Å². The lowest BCUT2D eigenvalue weighted by Crippen LogP contribution is -2.22. The molecular formula is C15H23NO2P+. The van der Waals surface area contributed by atoms with Crippen LogP contribution in [0.25, 0.3) is 0 Å². The molecule has 19 heavy (non-hydrogen) atoms. The highest BCUT2D eigenvalue weighted by atomic mass is 31.1. The molecule has 0 N–H and O–H groups in total. The summed E-state index contributed by atoms with van der Waals surface area (Å²) < 4.78 is 18.2. The number of hydrogen-bond donors (Lipinski definition) is 0. The number of para-hydroxylation sites is 1. The Hall–Kier alpha value is -0.920. The van der Waals surface area contributed by atoms with Gasteiger partial charge in [0.2, 0.25) is 5.30 Å². The molecule has 2 unspecified atom stereocenters. The average molecular weight is 280 g/mol. The number of nitrogens with zero attached hydrogens (tertiary/aromatic N) is 1. The smallest absolute Gasteiger partial charge is 0.384 e. The molecule has 0 aromatic heterocycles. The van der Waals surface area contributed by atoms with Gasteiger partial charge in [0, 0.05) is 19.5 Å². The molecule has 1 saturated heterocycles. The minimum Gasteiger partial charge on any atom is -0.492 e. The number of rotatable bonds is 3. The Kier molecular flexibility index (Phi) is 4.95. The Morgan fingerprint density at radius 3 is 2.84 bits per heavy atom. The summed E-state index contributed by atoms with van der Waals surface area (Å²) in [4.78, 5) is 2.34. The van der Waals surface area contributed by atoms with Gasteiger partial charge in [-0.2, -0.15) is 0 Å². The molecule has 0 spiro atoms. The van der Waals surface area contributed by atoms with Crippen molar-refractivity contribution in [3.8, 4) is 5.75 Å². The van der Waals surface area contributed by atoms with Crippen LogP contribution in [0.1, 0.15) is 19.8 Å². The van der Waals surface area contributed by atoms with E-state index < -0.39 is 7.80 Å². The summed E-state index contributed by atoms with van der Waals surface area (Å²) in [5, 5.41) is 0.877. The van der Waals surface area contributed by atoms with Gasteiger partial charge in [0.15, 0.2) is 11.4 Å². The van der Waals surface area contributed by atoms with E-state index in [9.17, 15) is 4.57 Å². The van der Waals surface area contributed by atoms with Crippen LogP contribution in [0.4, 0.5) is 0 Å². The highest BCUT2D eigenvalue weighted by Crippen LogP contribution is 2.38. The molecular weight excluding hydrogens is 257 g/mol. The third-order valence-corrected chi connectivity index (χ3v) is 5.77. The van der Waals surface area contributed by atoms with E-state index in [1.165, 1.54) is 0 Å². The average Bonchev–Trinajstić information content (AvgIpc) is 2.58. The fraction of sp³-hybridized carbons (Fsp3) is 0.600. The van der Waals surface area contributed by atoms with E-state index in [4.69, 9.17) is 4.74 Å². The van der Waals surface area contributed by atoms with Crippen LogP contribution >= 0.6 is 7.80 Å². The standard InChI is InChI=1S/C15H23NO2P/c1-12-10-13(8-9-16(2)11-12)19(17)15-7-5-4-6-14(15)18-3/h4-7,12-13H,8-11H2,1-3H3/q+1/t12-,13?/m1/s1. The fourth-order valence-electron chi connectivity index (χ4n) is 2.87. The minimum atomic E-state index is -1.38. The topological polar surface area (TPSA) is 29.5 Å². The molecule has 0 radical (unpaired) electrons. The SMILES string of the molecule is COc1ccccc1[P+](=O)C1CCN(C)C[C@H](C)C1. The van der Waals surface area contributed by atoms with Crippen molar-refractivity contribution in [2.24, 2.45) is 5.92 Å². The summed E-state index contributed by atoms with van der Waals surface area (Å²) in [6.45, 7) is 4.39. The summed E-state index contributed by atoms with van der Waals surface area (Å²) in [6, 6.07) is 7.71. The zero-order chi connectivity index (χ0) is 13.8. The molecule has 0 amide bonds. The molecule has 1 aromatic rings. The van der Waals surface area contributed by atoms with Crippen molar-refractivity contribution >= 4 is 13.1 Å². The van der Waals surface area contributed by atoms with Gasteiger partial charge in [-0.25, -0.2) is 0 Å². The highest BCUT2D eigenvalue weighted by molar-refractivity contribution is 7.54. The lowest BCUT2D eigenvalue weighted by Gasteiger charge is -2.14. The van der Waals surface area contributed by atoms with Gasteiger partial charge in [-0.05, 0) is 31.5 Å². The molecule has 0 saturated carbocycles. The lowest BCUT2D eigenvalue weighted by molar-refractivity contribution is 0.310. The van der Waals surface area contributed by atoms with Gasteiger partial charge in [-0.15, -0.1) is 0 Å². The normalized spacial score (nSPS) is 25.7. The summed E-state index contributed by atoms with van der Waals surface area (Å²) in [7, 11) is 2.41. The Labute approximate surface area is 116 Å².